The molecule has 2 heterocycles. The molecule has 19 heavy (non-hydrogen) atoms. The molecule has 0 aliphatic heterocycles. The summed E-state index contributed by atoms with van der Waals surface area (Å²) >= 11 is 3.64. The molecular formula is C14H17BrN2O2. The molecule has 0 aromatic carbocycles. The lowest BCUT2D eigenvalue weighted by atomic mass is 9.75. The molecular weight excluding hydrogens is 308 g/mol. The van der Waals surface area contributed by atoms with Gasteiger partial charge >= 0.3 is 5.76 Å². The molecule has 2 aromatic heterocycles. The van der Waals surface area contributed by atoms with Crippen LogP contribution in [0, 0.1) is 5.41 Å². The first-order valence-corrected chi connectivity index (χ1v) is 7.87. The van der Waals surface area contributed by atoms with Crippen molar-refractivity contribution in [2.75, 3.05) is 5.33 Å². The zero-order chi connectivity index (χ0) is 13.3. The summed E-state index contributed by atoms with van der Waals surface area (Å²) in [6.07, 6.45) is 7.80. The highest BCUT2D eigenvalue weighted by Gasteiger charge is 2.33. The van der Waals surface area contributed by atoms with Gasteiger partial charge in [0, 0.05) is 18.1 Å². The van der Waals surface area contributed by atoms with E-state index < -0.39 is 0 Å². The third kappa shape index (κ3) is 2.36. The van der Waals surface area contributed by atoms with E-state index in [0.29, 0.717) is 17.8 Å². The molecule has 0 atom stereocenters. The molecule has 3 rings (SSSR count). The van der Waals surface area contributed by atoms with E-state index in [1.807, 2.05) is 0 Å². The molecule has 0 unspecified atom stereocenters. The fourth-order valence-electron chi connectivity index (χ4n) is 3.01. The van der Waals surface area contributed by atoms with E-state index in [2.05, 4.69) is 20.9 Å². The number of hydrogen-bond donors (Lipinski definition) is 0. The van der Waals surface area contributed by atoms with Crippen LogP contribution < -0.4 is 5.76 Å². The van der Waals surface area contributed by atoms with Crippen molar-refractivity contribution in [3.63, 3.8) is 0 Å². The van der Waals surface area contributed by atoms with E-state index in [1.54, 1.807) is 22.9 Å². The minimum absolute atomic E-state index is 0.163. The number of rotatable bonds is 3. The third-order valence-electron chi connectivity index (χ3n) is 4.12. The Balaban J connectivity index is 2.00. The Kier molecular flexibility index (Phi) is 3.48. The lowest BCUT2D eigenvalue weighted by molar-refractivity contribution is 0.188. The molecule has 0 bridgehead atoms. The SMILES string of the molecule is O=c1oc2cccnc2n1CC1(CBr)CCCCC1. The molecule has 2 aromatic rings. The van der Waals surface area contributed by atoms with Gasteiger partial charge in [-0.2, -0.15) is 0 Å². The van der Waals surface area contributed by atoms with Crippen LogP contribution in [0.25, 0.3) is 11.2 Å². The second kappa shape index (κ2) is 5.12. The van der Waals surface area contributed by atoms with Crippen LogP contribution in [-0.4, -0.2) is 14.9 Å². The van der Waals surface area contributed by atoms with Crippen LogP contribution in [0.2, 0.25) is 0 Å². The summed E-state index contributed by atoms with van der Waals surface area (Å²) in [5.41, 5.74) is 1.41. The van der Waals surface area contributed by atoms with Crippen LogP contribution in [0.3, 0.4) is 0 Å². The average Bonchev–Trinajstić information content (AvgIpc) is 2.76. The lowest BCUT2D eigenvalue weighted by Gasteiger charge is -2.35. The summed E-state index contributed by atoms with van der Waals surface area (Å²) < 4.78 is 6.96. The van der Waals surface area contributed by atoms with Crippen LogP contribution in [0.4, 0.5) is 0 Å². The second-order valence-corrected chi connectivity index (χ2v) is 6.03. The predicted molar refractivity (Wildman–Crippen MR) is 77.6 cm³/mol. The van der Waals surface area contributed by atoms with E-state index in [9.17, 15) is 4.79 Å². The molecule has 4 nitrogen and oxygen atoms in total. The number of nitrogens with zero attached hydrogens (tertiary/aromatic N) is 2. The number of alkyl halides is 1. The Labute approximate surface area is 119 Å². The molecule has 0 N–H and O–H groups in total. The van der Waals surface area contributed by atoms with Gasteiger partial charge in [-0.3, -0.25) is 4.57 Å². The summed E-state index contributed by atoms with van der Waals surface area (Å²) in [6.45, 7) is 0.696. The summed E-state index contributed by atoms with van der Waals surface area (Å²) in [7, 11) is 0. The van der Waals surface area contributed by atoms with Gasteiger partial charge in [-0.25, -0.2) is 9.78 Å². The van der Waals surface area contributed by atoms with Gasteiger partial charge in [-0.15, -0.1) is 0 Å². The van der Waals surface area contributed by atoms with Crippen molar-refractivity contribution in [1.82, 2.24) is 9.55 Å². The summed E-state index contributed by atoms with van der Waals surface area (Å²) in [4.78, 5) is 16.3. The predicted octanol–water partition coefficient (Wildman–Crippen LogP) is 3.33. The van der Waals surface area contributed by atoms with Crippen molar-refractivity contribution in [1.29, 1.82) is 0 Å². The summed E-state index contributed by atoms with van der Waals surface area (Å²) in [6, 6.07) is 3.58. The van der Waals surface area contributed by atoms with E-state index in [0.717, 1.165) is 18.2 Å². The van der Waals surface area contributed by atoms with Gasteiger partial charge in [0.15, 0.2) is 11.2 Å². The molecule has 0 saturated heterocycles. The molecule has 5 heteroatoms. The van der Waals surface area contributed by atoms with E-state index >= 15 is 0 Å². The van der Waals surface area contributed by atoms with Crippen LogP contribution in [0.15, 0.2) is 27.5 Å². The number of fused-ring (bicyclic) bond motifs is 1. The van der Waals surface area contributed by atoms with Crippen molar-refractivity contribution >= 4 is 27.2 Å². The van der Waals surface area contributed by atoms with Gasteiger partial charge in [0.25, 0.3) is 0 Å². The van der Waals surface area contributed by atoms with E-state index in [4.69, 9.17) is 4.42 Å². The van der Waals surface area contributed by atoms with Crippen molar-refractivity contribution in [3.8, 4) is 0 Å². The van der Waals surface area contributed by atoms with Gasteiger partial charge in [0.2, 0.25) is 0 Å². The highest BCUT2D eigenvalue weighted by atomic mass is 79.9. The van der Waals surface area contributed by atoms with Crippen molar-refractivity contribution in [2.45, 2.75) is 38.6 Å². The maximum absolute atomic E-state index is 12.0. The zero-order valence-electron chi connectivity index (χ0n) is 10.8. The minimum atomic E-state index is -0.292. The van der Waals surface area contributed by atoms with Crippen molar-refractivity contribution in [2.24, 2.45) is 5.41 Å². The number of aromatic nitrogens is 2. The molecule has 0 spiro atoms. The van der Waals surface area contributed by atoms with Crippen LogP contribution in [-0.2, 0) is 6.54 Å². The first kappa shape index (κ1) is 12.9. The Morgan fingerprint density at radius 1 is 1.37 bits per heavy atom. The number of pyridine rings is 1. The molecule has 1 fully saturated rings. The smallest absolute Gasteiger partial charge is 0.406 e. The summed E-state index contributed by atoms with van der Waals surface area (Å²) in [5, 5.41) is 0.923. The third-order valence-corrected chi connectivity index (χ3v) is 5.30. The average molecular weight is 325 g/mol. The maximum Gasteiger partial charge on any atom is 0.421 e. The Bertz CT molecular complexity index is 626. The fourth-order valence-corrected chi connectivity index (χ4v) is 3.75. The molecule has 1 aliphatic rings. The van der Waals surface area contributed by atoms with E-state index in [-0.39, 0.29) is 11.2 Å². The zero-order valence-corrected chi connectivity index (χ0v) is 12.4. The Hall–Kier alpha value is -1.10. The van der Waals surface area contributed by atoms with Crippen LogP contribution in [0.5, 0.6) is 0 Å². The largest absolute Gasteiger partial charge is 0.421 e. The monoisotopic (exact) mass is 324 g/mol. The Morgan fingerprint density at radius 3 is 2.89 bits per heavy atom. The topological polar surface area (TPSA) is 48.0 Å². The molecule has 0 radical (unpaired) electrons. The molecule has 1 saturated carbocycles. The van der Waals surface area contributed by atoms with E-state index in [1.165, 1.54) is 19.3 Å². The van der Waals surface area contributed by atoms with Crippen molar-refractivity contribution < 1.29 is 4.42 Å². The molecule has 102 valence electrons. The maximum atomic E-state index is 12.0. The lowest BCUT2D eigenvalue weighted by Crippen LogP contribution is -2.34. The second-order valence-electron chi connectivity index (χ2n) is 5.47. The van der Waals surface area contributed by atoms with Crippen molar-refractivity contribution in [3.05, 3.63) is 28.9 Å². The highest BCUT2D eigenvalue weighted by molar-refractivity contribution is 9.09. The number of halogens is 1. The van der Waals surface area contributed by atoms with Gasteiger partial charge in [0.1, 0.15) is 0 Å². The molecule has 1 aliphatic carbocycles. The first-order valence-electron chi connectivity index (χ1n) is 6.74. The molecule has 0 amide bonds. The highest BCUT2D eigenvalue weighted by Crippen LogP contribution is 2.39. The number of oxazole rings is 1. The van der Waals surface area contributed by atoms with Crippen LogP contribution in [0.1, 0.15) is 32.1 Å². The first-order chi connectivity index (χ1) is 9.24. The number of hydrogen-bond acceptors (Lipinski definition) is 3. The van der Waals surface area contributed by atoms with Crippen LogP contribution >= 0.6 is 15.9 Å². The summed E-state index contributed by atoms with van der Waals surface area (Å²) in [5.74, 6) is -0.292. The quantitative estimate of drug-likeness (QED) is 0.813. The normalized spacial score (nSPS) is 18.8. The standard InChI is InChI=1S/C14H17BrN2O2/c15-9-14(6-2-1-3-7-14)10-17-12-11(19-13(17)18)5-4-8-16-12/h4-5,8H,1-3,6-7,9-10H2. The minimum Gasteiger partial charge on any atom is -0.406 e. The Morgan fingerprint density at radius 2 is 2.16 bits per heavy atom. The van der Waals surface area contributed by atoms with Gasteiger partial charge in [-0.05, 0) is 30.4 Å². The van der Waals surface area contributed by atoms with Gasteiger partial charge in [-0.1, -0.05) is 35.2 Å². The fraction of sp³-hybridized carbons (Fsp3) is 0.571. The van der Waals surface area contributed by atoms with Gasteiger partial charge < -0.3 is 4.42 Å². The van der Waals surface area contributed by atoms with Gasteiger partial charge in [0.05, 0.1) is 0 Å².